The summed E-state index contributed by atoms with van der Waals surface area (Å²) >= 11 is 0. The van der Waals surface area contributed by atoms with Gasteiger partial charge in [-0.3, -0.25) is 9.48 Å². The molecule has 0 aliphatic rings. The van der Waals surface area contributed by atoms with Crippen LogP contribution in [0, 0.1) is 0 Å². The maximum absolute atomic E-state index is 11.2. The summed E-state index contributed by atoms with van der Waals surface area (Å²) in [6.45, 7) is 2.00. The summed E-state index contributed by atoms with van der Waals surface area (Å²) in [5, 5.41) is 7.99. The summed E-state index contributed by atoms with van der Waals surface area (Å²) in [5.41, 5.74) is 0.127. The molecule has 3 heterocycles. The van der Waals surface area contributed by atoms with Crippen molar-refractivity contribution in [2.45, 2.75) is 19.4 Å². The van der Waals surface area contributed by atoms with Crippen molar-refractivity contribution in [3.05, 3.63) is 47.1 Å². The van der Waals surface area contributed by atoms with Gasteiger partial charge in [0.25, 0.3) is 5.56 Å². The molecule has 0 bridgehead atoms. The van der Waals surface area contributed by atoms with Gasteiger partial charge in [-0.25, -0.2) is 4.98 Å². The van der Waals surface area contributed by atoms with E-state index in [-0.39, 0.29) is 11.6 Å². The lowest BCUT2D eigenvalue weighted by Crippen LogP contribution is -2.08. The monoisotopic (exact) mass is 272 g/mol. The average Bonchev–Trinajstić information content (AvgIpc) is 3.10. The van der Waals surface area contributed by atoms with Crippen LogP contribution in [-0.2, 0) is 6.42 Å². The van der Waals surface area contributed by atoms with Gasteiger partial charge in [-0.15, -0.1) is 0 Å². The third kappa shape index (κ3) is 2.48. The van der Waals surface area contributed by atoms with Crippen LogP contribution in [0.2, 0.25) is 0 Å². The molecule has 0 amide bonds. The molecule has 1 unspecified atom stereocenters. The van der Waals surface area contributed by atoms with Crippen LogP contribution in [0.4, 0.5) is 0 Å². The van der Waals surface area contributed by atoms with Gasteiger partial charge in [-0.05, 0) is 13.0 Å². The molecule has 0 spiro atoms. The minimum Gasteiger partial charge on any atom is -0.339 e. The average molecular weight is 272 g/mol. The molecule has 8 heteroatoms. The van der Waals surface area contributed by atoms with Crippen molar-refractivity contribution in [2.75, 3.05) is 0 Å². The first-order valence-corrected chi connectivity index (χ1v) is 6.09. The molecule has 8 nitrogen and oxygen atoms in total. The van der Waals surface area contributed by atoms with E-state index in [9.17, 15) is 4.79 Å². The standard InChI is InChI=1S/C12H12N6O2/c1-8(18-4-2-3-15-18)5-11-16-12(17-20-11)9-6-10(19)14-7-13-9/h2-4,6-8H,5H2,1H3,(H,13,14,19). The fourth-order valence-corrected chi connectivity index (χ4v) is 1.82. The van der Waals surface area contributed by atoms with Crippen molar-refractivity contribution in [2.24, 2.45) is 0 Å². The van der Waals surface area contributed by atoms with Crippen LogP contribution in [0.1, 0.15) is 18.9 Å². The molecular weight excluding hydrogens is 260 g/mol. The van der Waals surface area contributed by atoms with Gasteiger partial charge in [0.2, 0.25) is 11.7 Å². The Morgan fingerprint density at radius 2 is 2.40 bits per heavy atom. The van der Waals surface area contributed by atoms with Gasteiger partial charge in [0.15, 0.2) is 0 Å². The molecule has 0 radical (unpaired) electrons. The van der Waals surface area contributed by atoms with Crippen LogP contribution in [0.25, 0.3) is 11.5 Å². The van der Waals surface area contributed by atoms with Crippen molar-refractivity contribution in [1.29, 1.82) is 0 Å². The molecule has 3 aromatic rings. The molecule has 1 atom stereocenters. The molecule has 20 heavy (non-hydrogen) atoms. The Labute approximate surface area is 113 Å². The van der Waals surface area contributed by atoms with E-state index in [1.165, 1.54) is 12.4 Å². The van der Waals surface area contributed by atoms with E-state index in [2.05, 4.69) is 25.2 Å². The normalized spacial score (nSPS) is 12.4. The maximum atomic E-state index is 11.2. The van der Waals surface area contributed by atoms with Crippen LogP contribution in [-0.4, -0.2) is 29.9 Å². The van der Waals surface area contributed by atoms with Gasteiger partial charge in [-0.2, -0.15) is 10.1 Å². The fraction of sp³-hybridized carbons (Fsp3) is 0.250. The summed E-state index contributed by atoms with van der Waals surface area (Å²) < 4.78 is 6.99. The summed E-state index contributed by atoms with van der Waals surface area (Å²) in [7, 11) is 0. The van der Waals surface area contributed by atoms with Gasteiger partial charge >= 0.3 is 0 Å². The van der Waals surface area contributed by atoms with E-state index in [4.69, 9.17) is 4.52 Å². The predicted octanol–water partition coefficient (Wildman–Crippen LogP) is 0.820. The smallest absolute Gasteiger partial charge is 0.251 e. The Kier molecular flexibility index (Phi) is 3.12. The fourth-order valence-electron chi connectivity index (χ4n) is 1.82. The van der Waals surface area contributed by atoms with Crippen molar-refractivity contribution >= 4 is 0 Å². The van der Waals surface area contributed by atoms with Crippen molar-refractivity contribution in [1.82, 2.24) is 29.9 Å². The highest BCUT2D eigenvalue weighted by molar-refractivity contribution is 5.46. The highest BCUT2D eigenvalue weighted by atomic mass is 16.5. The molecule has 3 aromatic heterocycles. The van der Waals surface area contributed by atoms with Crippen molar-refractivity contribution in [3.8, 4) is 11.5 Å². The molecule has 1 N–H and O–H groups in total. The van der Waals surface area contributed by atoms with E-state index in [0.29, 0.717) is 23.8 Å². The number of aromatic amines is 1. The Morgan fingerprint density at radius 3 is 3.15 bits per heavy atom. The first kappa shape index (κ1) is 12.3. The van der Waals surface area contributed by atoms with Crippen LogP contribution >= 0.6 is 0 Å². The number of H-pyrrole nitrogens is 1. The second-order valence-corrected chi connectivity index (χ2v) is 4.35. The summed E-state index contributed by atoms with van der Waals surface area (Å²) in [5.74, 6) is 0.781. The van der Waals surface area contributed by atoms with E-state index in [1.807, 2.05) is 23.9 Å². The Hall–Kier alpha value is -2.77. The third-order valence-electron chi connectivity index (χ3n) is 2.82. The lowest BCUT2D eigenvalue weighted by atomic mass is 10.2. The SMILES string of the molecule is CC(Cc1nc(-c2cc(=O)[nH]cn2)no1)n1cccn1. The van der Waals surface area contributed by atoms with Crippen LogP contribution < -0.4 is 5.56 Å². The first-order valence-electron chi connectivity index (χ1n) is 6.09. The second-order valence-electron chi connectivity index (χ2n) is 4.35. The number of rotatable bonds is 4. The maximum Gasteiger partial charge on any atom is 0.251 e. The Bertz CT molecular complexity index is 745. The molecule has 0 aliphatic heterocycles. The van der Waals surface area contributed by atoms with E-state index in [0.717, 1.165) is 0 Å². The number of aromatic nitrogens is 6. The Morgan fingerprint density at radius 1 is 1.50 bits per heavy atom. The quantitative estimate of drug-likeness (QED) is 0.754. The summed E-state index contributed by atoms with van der Waals surface area (Å²) in [6, 6.07) is 3.28. The van der Waals surface area contributed by atoms with Gasteiger partial charge in [-0.1, -0.05) is 5.16 Å². The molecule has 0 saturated heterocycles. The highest BCUT2D eigenvalue weighted by Gasteiger charge is 2.14. The molecule has 0 fully saturated rings. The zero-order valence-corrected chi connectivity index (χ0v) is 10.7. The van der Waals surface area contributed by atoms with Gasteiger partial charge < -0.3 is 9.51 Å². The minimum absolute atomic E-state index is 0.102. The summed E-state index contributed by atoms with van der Waals surface area (Å²) in [4.78, 5) is 21.9. The highest BCUT2D eigenvalue weighted by Crippen LogP contribution is 2.15. The lowest BCUT2D eigenvalue weighted by Gasteiger charge is -2.08. The van der Waals surface area contributed by atoms with Crippen LogP contribution in [0.15, 0.2) is 40.2 Å². The number of nitrogens with zero attached hydrogens (tertiary/aromatic N) is 5. The second kappa shape index (κ2) is 5.08. The minimum atomic E-state index is -0.258. The molecule has 0 saturated carbocycles. The molecular formula is C12H12N6O2. The number of nitrogens with one attached hydrogen (secondary N) is 1. The predicted molar refractivity (Wildman–Crippen MR) is 68.8 cm³/mol. The zero-order chi connectivity index (χ0) is 13.9. The molecule has 3 rings (SSSR count). The van der Waals surface area contributed by atoms with Crippen LogP contribution in [0.3, 0.4) is 0 Å². The van der Waals surface area contributed by atoms with Gasteiger partial charge in [0.05, 0.1) is 12.4 Å². The first-order chi connectivity index (χ1) is 9.72. The zero-order valence-electron chi connectivity index (χ0n) is 10.7. The van der Waals surface area contributed by atoms with E-state index < -0.39 is 0 Å². The van der Waals surface area contributed by atoms with Crippen LogP contribution in [0.5, 0.6) is 0 Å². The van der Waals surface area contributed by atoms with Gasteiger partial charge in [0, 0.05) is 24.9 Å². The van der Waals surface area contributed by atoms with Crippen molar-refractivity contribution < 1.29 is 4.52 Å². The largest absolute Gasteiger partial charge is 0.339 e. The number of hydrogen-bond donors (Lipinski definition) is 1. The Balaban J connectivity index is 1.79. The molecule has 102 valence electrons. The van der Waals surface area contributed by atoms with Crippen molar-refractivity contribution in [3.63, 3.8) is 0 Å². The lowest BCUT2D eigenvalue weighted by molar-refractivity contribution is 0.349. The van der Waals surface area contributed by atoms with Gasteiger partial charge in [0.1, 0.15) is 5.69 Å². The molecule has 0 aromatic carbocycles. The number of hydrogen-bond acceptors (Lipinski definition) is 6. The third-order valence-corrected chi connectivity index (χ3v) is 2.82. The van der Waals surface area contributed by atoms with E-state index in [1.54, 1.807) is 6.20 Å². The topological polar surface area (TPSA) is 102 Å². The molecule has 0 aliphatic carbocycles. The summed E-state index contributed by atoms with van der Waals surface area (Å²) in [6.07, 6.45) is 5.45. The van der Waals surface area contributed by atoms with E-state index >= 15 is 0 Å².